The lowest BCUT2D eigenvalue weighted by Crippen LogP contribution is -2.53. The van der Waals surface area contributed by atoms with Crippen molar-refractivity contribution in [1.82, 2.24) is 9.80 Å². The Labute approximate surface area is 127 Å². The van der Waals surface area contributed by atoms with Crippen LogP contribution in [0.4, 0.5) is 0 Å². The number of nitrogens with zero attached hydrogens (tertiary/aromatic N) is 2. The van der Waals surface area contributed by atoms with Gasteiger partial charge in [0.05, 0.1) is 5.60 Å². The molecule has 0 amide bonds. The minimum Gasteiger partial charge on any atom is -0.388 e. The molecule has 1 aromatic rings. The van der Waals surface area contributed by atoms with Crippen molar-refractivity contribution in [3.63, 3.8) is 0 Å². The molecule has 1 aromatic carbocycles. The molecule has 3 rings (SSSR count). The first-order valence-electron chi connectivity index (χ1n) is 7.94. The summed E-state index contributed by atoms with van der Waals surface area (Å²) in [5.74, 6) is 0. The molecule has 0 saturated carbocycles. The lowest BCUT2D eigenvalue weighted by atomic mass is 9.92. The second-order valence-corrected chi connectivity index (χ2v) is 6.48. The summed E-state index contributed by atoms with van der Waals surface area (Å²) in [5, 5.41) is 10.7. The molecule has 4 heteroatoms. The maximum absolute atomic E-state index is 10.7. The molecule has 0 aromatic heterocycles. The van der Waals surface area contributed by atoms with Gasteiger partial charge in [-0.1, -0.05) is 30.3 Å². The summed E-state index contributed by atoms with van der Waals surface area (Å²) in [6, 6.07) is 11.1. The zero-order valence-corrected chi connectivity index (χ0v) is 12.9. The van der Waals surface area contributed by atoms with Gasteiger partial charge >= 0.3 is 0 Å². The largest absolute Gasteiger partial charge is 0.388 e. The fraction of sp³-hybridized carbons (Fsp3) is 0.647. The second kappa shape index (κ2) is 6.44. The van der Waals surface area contributed by atoms with E-state index in [4.69, 9.17) is 4.74 Å². The number of piperazine rings is 1. The van der Waals surface area contributed by atoms with E-state index in [0.717, 1.165) is 39.0 Å². The molecular weight excluding hydrogens is 264 g/mol. The number of benzene rings is 1. The highest BCUT2D eigenvalue weighted by Crippen LogP contribution is 2.27. The molecule has 2 saturated heterocycles. The van der Waals surface area contributed by atoms with E-state index in [1.165, 1.54) is 5.56 Å². The molecule has 2 heterocycles. The fourth-order valence-corrected chi connectivity index (χ4v) is 3.43. The van der Waals surface area contributed by atoms with Gasteiger partial charge in [0.25, 0.3) is 0 Å². The molecule has 21 heavy (non-hydrogen) atoms. The van der Waals surface area contributed by atoms with Crippen LogP contribution in [0.2, 0.25) is 0 Å². The topological polar surface area (TPSA) is 35.9 Å². The predicted octanol–water partition coefficient (Wildman–Crippen LogP) is 1.52. The van der Waals surface area contributed by atoms with Crippen LogP contribution in [0.3, 0.4) is 0 Å². The molecular formula is C17H26N2O2. The Hall–Kier alpha value is -0.940. The number of β-amino-alcohol motifs (C(OH)–C–C–N with tert-alkyl or cyclic N) is 1. The number of ether oxygens (including phenoxy) is 1. The summed E-state index contributed by atoms with van der Waals surface area (Å²) in [5.41, 5.74) is 0.804. The molecule has 116 valence electrons. The van der Waals surface area contributed by atoms with Crippen molar-refractivity contribution in [2.24, 2.45) is 0 Å². The van der Waals surface area contributed by atoms with Crippen LogP contribution in [0.5, 0.6) is 0 Å². The molecule has 0 unspecified atom stereocenters. The zero-order valence-electron chi connectivity index (χ0n) is 12.9. The molecule has 0 radical (unpaired) electrons. The molecule has 0 aliphatic carbocycles. The highest BCUT2D eigenvalue weighted by Gasteiger charge is 2.34. The van der Waals surface area contributed by atoms with Crippen molar-refractivity contribution in [3.05, 3.63) is 35.9 Å². The van der Waals surface area contributed by atoms with Gasteiger partial charge in [-0.2, -0.15) is 0 Å². The maximum Gasteiger partial charge on any atom is 0.0817 e. The van der Waals surface area contributed by atoms with Gasteiger partial charge in [0.2, 0.25) is 0 Å². The van der Waals surface area contributed by atoms with Gasteiger partial charge in [-0.15, -0.1) is 0 Å². The lowest BCUT2D eigenvalue weighted by Gasteiger charge is -2.43. The van der Waals surface area contributed by atoms with E-state index >= 15 is 0 Å². The van der Waals surface area contributed by atoms with E-state index < -0.39 is 5.60 Å². The Morgan fingerprint density at radius 1 is 1.19 bits per heavy atom. The summed E-state index contributed by atoms with van der Waals surface area (Å²) >= 11 is 0. The Bertz CT molecular complexity index is 445. The van der Waals surface area contributed by atoms with Gasteiger partial charge in [-0.25, -0.2) is 0 Å². The van der Waals surface area contributed by atoms with E-state index in [1.807, 2.05) is 0 Å². The van der Waals surface area contributed by atoms with Crippen molar-refractivity contribution in [2.75, 3.05) is 46.4 Å². The molecule has 2 fully saturated rings. The van der Waals surface area contributed by atoms with Gasteiger partial charge < -0.3 is 9.84 Å². The van der Waals surface area contributed by atoms with E-state index in [0.29, 0.717) is 19.3 Å². The van der Waals surface area contributed by atoms with Crippen molar-refractivity contribution in [2.45, 2.75) is 24.5 Å². The van der Waals surface area contributed by atoms with Gasteiger partial charge in [0.1, 0.15) is 0 Å². The summed E-state index contributed by atoms with van der Waals surface area (Å²) in [6.07, 6.45) is 1.52. The molecule has 0 spiro atoms. The zero-order chi connectivity index (χ0) is 14.7. The van der Waals surface area contributed by atoms with Crippen LogP contribution in [0.1, 0.15) is 24.4 Å². The highest BCUT2D eigenvalue weighted by atomic mass is 16.5. The molecule has 4 nitrogen and oxygen atoms in total. The lowest BCUT2D eigenvalue weighted by molar-refractivity contribution is -0.0869. The smallest absolute Gasteiger partial charge is 0.0817 e. The molecule has 2 aliphatic rings. The first kappa shape index (κ1) is 15.0. The standard InChI is InChI=1S/C17H26N2O2/c1-18-9-10-19(14-17(20)7-11-21-12-8-17)13-16(18)15-5-3-2-4-6-15/h2-6,16,20H,7-14H2,1H3/t16-/m0/s1. The Morgan fingerprint density at radius 2 is 1.90 bits per heavy atom. The van der Waals surface area contributed by atoms with Crippen molar-refractivity contribution >= 4 is 0 Å². The average molecular weight is 290 g/mol. The number of hydrogen-bond acceptors (Lipinski definition) is 4. The summed E-state index contributed by atoms with van der Waals surface area (Å²) in [6.45, 7) is 5.21. The third-order valence-corrected chi connectivity index (χ3v) is 4.86. The Kier molecular flexibility index (Phi) is 4.60. The van der Waals surface area contributed by atoms with Gasteiger partial charge in [0.15, 0.2) is 0 Å². The number of hydrogen-bond donors (Lipinski definition) is 1. The van der Waals surface area contributed by atoms with E-state index in [1.54, 1.807) is 0 Å². The predicted molar refractivity (Wildman–Crippen MR) is 83.3 cm³/mol. The van der Waals surface area contributed by atoms with Crippen LogP contribution >= 0.6 is 0 Å². The van der Waals surface area contributed by atoms with Crippen LogP contribution < -0.4 is 0 Å². The minimum atomic E-state index is -0.560. The molecule has 1 N–H and O–H groups in total. The Balaban J connectivity index is 1.65. The van der Waals surface area contributed by atoms with Gasteiger partial charge in [-0.05, 0) is 12.6 Å². The van der Waals surface area contributed by atoms with Crippen LogP contribution in [0.15, 0.2) is 30.3 Å². The summed E-state index contributed by atoms with van der Waals surface area (Å²) in [7, 11) is 2.19. The van der Waals surface area contributed by atoms with Crippen molar-refractivity contribution in [1.29, 1.82) is 0 Å². The highest BCUT2D eigenvalue weighted by molar-refractivity contribution is 5.20. The first-order valence-corrected chi connectivity index (χ1v) is 7.94. The Morgan fingerprint density at radius 3 is 2.62 bits per heavy atom. The second-order valence-electron chi connectivity index (χ2n) is 6.48. The number of likely N-dealkylation sites (N-methyl/N-ethyl adjacent to an activating group) is 1. The average Bonchev–Trinajstić information content (AvgIpc) is 2.50. The number of rotatable bonds is 3. The number of aliphatic hydroxyl groups is 1. The van der Waals surface area contributed by atoms with Crippen molar-refractivity contribution < 1.29 is 9.84 Å². The van der Waals surface area contributed by atoms with Gasteiger partial charge in [-0.3, -0.25) is 9.80 Å². The van der Waals surface area contributed by atoms with E-state index in [2.05, 4.69) is 47.2 Å². The monoisotopic (exact) mass is 290 g/mol. The summed E-state index contributed by atoms with van der Waals surface area (Å²) < 4.78 is 5.37. The van der Waals surface area contributed by atoms with Crippen LogP contribution in [-0.2, 0) is 4.74 Å². The molecule has 0 bridgehead atoms. The van der Waals surface area contributed by atoms with Crippen LogP contribution in [-0.4, -0.2) is 66.9 Å². The SMILES string of the molecule is CN1CCN(CC2(O)CCOCC2)C[C@H]1c1ccccc1. The quantitative estimate of drug-likeness (QED) is 0.915. The third-order valence-electron chi connectivity index (χ3n) is 4.86. The fourth-order valence-electron chi connectivity index (χ4n) is 3.43. The van der Waals surface area contributed by atoms with Crippen molar-refractivity contribution in [3.8, 4) is 0 Å². The van der Waals surface area contributed by atoms with Crippen LogP contribution in [0, 0.1) is 0 Å². The minimum absolute atomic E-state index is 0.420. The maximum atomic E-state index is 10.7. The summed E-state index contributed by atoms with van der Waals surface area (Å²) in [4.78, 5) is 4.84. The normalized spacial score (nSPS) is 27.6. The van der Waals surface area contributed by atoms with E-state index in [9.17, 15) is 5.11 Å². The molecule has 2 aliphatic heterocycles. The first-order chi connectivity index (χ1) is 10.2. The van der Waals surface area contributed by atoms with Crippen LogP contribution in [0.25, 0.3) is 0 Å². The van der Waals surface area contributed by atoms with E-state index in [-0.39, 0.29) is 0 Å². The third kappa shape index (κ3) is 3.64. The molecule has 1 atom stereocenters. The van der Waals surface area contributed by atoms with Gasteiger partial charge in [0, 0.05) is 58.3 Å².